The van der Waals surface area contributed by atoms with E-state index in [9.17, 15) is 8.42 Å². The Balaban J connectivity index is 2.40. The molecule has 0 unspecified atom stereocenters. The number of nitrogens with zero attached hydrogens (tertiary/aromatic N) is 1. The number of hydrogen-bond acceptors (Lipinski definition) is 5. The van der Waals surface area contributed by atoms with Crippen molar-refractivity contribution in [2.45, 2.75) is 25.3 Å². The van der Waals surface area contributed by atoms with E-state index in [1.165, 1.54) is 0 Å². The Kier molecular flexibility index (Phi) is 4.19. The zero-order valence-electron chi connectivity index (χ0n) is 12.1. The molecule has 8 heteroatoms. The molecule has 0 aliphatic carbocycles. The molecule has 0 aliphatic rings. The molecule has 0 radical (unpaired) electrons. The van der Waals surface area contributed by atoms with Crippen molar-refractivity contribution in [2.75, 3.05) is 11.8 Å². The summed E-state index contributed by atoms with van der Waals surface area (Å²) in [7, 11) is -2.19. The second-order valence-electron chi connectivity index (χ2n) is 4.61. The first-order chi connectivity index (χ1) is 9.89. The summed E-state index contributed by atoms with van der Waals surface area (Å²) >= 11 is 0. The highest BCUT2D eigenvalue weighted by molar-refractivity contribution is 7.92. The summed E-state index contributed by atoms with van der Waals surface area (Å²) in [4.78, 5) is 0.0974. The molecular formula is C13H18N4O3S. The second kappa shape index (κ2) is 5.74. The molecule has 0 amide bonds. The molecule has 0 saturated carbocycles. The molecule has 2 aromatic rings. The van der Waals surface area contributed by atoms with E-state index in [1.54, 1.807) is 39.2 Å². The van der Waals surface area contributed by atoms with Crippen LogP contribution in [0.3, 0.4) is 0 Å². The number of aromatic nitrogens is 2. The fourth-order valence-electron chi connectivity index (χ4n) is 2.04. The van der Waals surface area contributed by atoms with Gasteiger partial charge in [0.2, 0.25) is 0 Å². The van der Waals surface area contributed by atoms with Crippen LogP contribution in [-0.2, 0) is 16.6 Å². The molecule has 1 aromatic carbocycles. The molecule has 0 spiro atoms. The monoisotopic (exact) mass is 310 g/mol. The lowest BCUT2D eigenvalue weighted by atomic mass is 10.2. The number of nitrogens with one attached hydrogen (secondary N) is 2. The van der Waals surface area contributed by atoms with E-state index in [4.69, 9.17) is 10.5 Å². The molecular weight excluding hydrogens is 292 g/mol. The van der Waals surface area contributed by atoms with Crippen LogP contribution in [-0.4, -0.2) is 25.7 Å². The van der Waals surface area contributed by atoms with E-state index in [1.807, 2.05) is 0 Å². The summed E-state index contributed by atoms with van der Waals surface area (Å²) in [6.45, 7) is 3.48. The maximum absolute atomic E-state index is 12.5. The van der Waals surface area contributed by atoms with Crippen LogP contribution in [0.25, 0.3) is 0 Å². The third kappa shape index (κ3) is 3.01. The summed E-state index contributed by atoms with van der Waals surface area (Å²) in [6, 6.07) is 5.10. The number of aryl methyl sites for hydroxylation is 2. The lowest BCUT2D eigenvalue weighted by molar-refractivity contribution is 0.414. The smallest absolute Gasteiger partial charge is 0.265 e. The van der Waals surface area contributed by atoms with E-state index >= 15 is 0 Å². The predicted molar refractivity (Wildman–Crippen MR) is 79.8 cm³/mol. The van der Waals surface area contributed by atoms with Crippen LogP contribution in [0.15, 0.2) is 23.1 Å². The molecule has 21 heavy (non-hydrogen) atoms. The lowest BCUT2D eigenvalue weighted by Gasteiger charge is -2.12. The van der Waals surface area contributed by atoms with Crippen molar-refractivity contribution >= 4 is 15.7 Å². The molecule has 7 nitrogen and oxygen atoms in total. The minimum Gasteiger partial charge on any atom is -0.497 e. The van der Waals surface area contributed by atoms with Gasteiger partial charge in [0.15, 0.2) is 0 Å². The van der Waals surface area contributed by atoms with Crippen LogP contribution in [0.2, 0.25) is 0 Å². The van der Waals surface area contributed by atoms with Gasteiger partial charge < -0.3 is 10.5 Å². The molecule has 0 fully saturated rings. The first-order valence-electron chi connectivity index (χ1n) is 6.30. The minimum absolute atomic E-state index is 0.0438. The molecule has 0 aliphatic heterocycles. The van der Waals surface area contributed by atoms with Gasteiger partial charge in [0.25, 0.3) is 10.0 Å². The van der Waals surface area contributed by atoms with Crippen molar-refractivity contribution in [1.29, 1.82) is 0 Å². The molecule has 2 rings (SSSR count). The lowest BCUT2D eigenvalue weighted by Crippen LogP contribution is -2.17. The summed E-state index contributed by atoms with van der Waals surface area (Å²) < 4.78 is 32.7. The zero-order chi connectivity index (χ0) is 15.6. The van der Waals surface area contributed by atoms with Crippen molar-refractivity contribution in [2.24, 2.45) is 5.73 Å². The van der Waals surface area contributed by atoms with Gasteiger partial charge in [-0.25, -0.2) is 8.42 Å². The largest absolute Gasteiger partial charge is 0.497 e. The number of aromatic amines is 1. The average Bonchev–Trinajstić information content (AvgIpc) is 2.82. The van der Waals surface area contributed by atoms with E-state index in [2.05, 4.69) is 14.9 Å². The second-order valence-corrected chi connectivity index (χ2v) is 6.23. The van der Waals surface area contributed by atoms with E-state index in [0.717, 1.165) is 5.56 Å². The summed E-state index contributed by atoms with van der Waals surface area (Å²) in [5.74, 6) is 0.664. The first kappa shape index (κ1) is 15.3. The van der Waals surface area contributed by atoms with E-state index in [-0.39, 0.29) is 11.4 Å². The van der Waals surface area contributed by atoms with Crippen molar-refractivity contribution < 1.29 is 13.2 Å². The van der Waals surface area contributed by atoms with Crippen LogP contribution in [0, 0.1) is 13.8 Å². The summed E-state index contributed by atoms with van der Waals surface area (Å²) in [5.41, 5.74) is 7.54. The number of ether oxygens (including phenoxy) is 1. The Hall–Kier alpha value is -2.06. The standard InChI is InChI=1S/C13H18N4O3S/c1-8-6-10(20-3)4-5-11(8)17-21(18,19)13-9(2)15-16-12(13)7-14/h4-6,17H,7,14H2,1-3H3,(H,15,16). The summed E-state index contributed by atoms with van der Waals surface area (Å²) in [6.07, 6.45) is 0. The van der Waals surface area contributed by atoms with Crippen LogP contribution < -0.4 is 15.2 Å². The fraction of sp³-hybridized carbons (Fsp3) is 0.308. The van der Waals surface area contributed by atoms with Gasteiger partial charge in [-0.1, -0.05) is 0 Å². The Labute approximate surface area is 123 Å². The fourth-order valence-corrected chi connectivity index (χ4v) is 3.55. The van der Waals surface area contributed by atoms with Gasteiger partial charge in [-0.3, -0.25) is 9.82 Å². The highest BCUT2D eigenvalue weighted by atomic mass is 32.2. The SMILES string of the molecule is COc1ccc(NS(=O)(=O)c2c(CN)n[nH]c2C)c(C)c1. The quantitative estimate of drug-likeness (QED) is 0.771. The number of sulfonamides is 1. The average molecular weight is 310 g/mol. The maximum atomic E-state index is 12.5. The molecule has 1 aromatic heterocycles. The normalized spacial score (nSPS) is 11.4. The summed E-state index contributed by atoms with van der Waals surface area (Å²) in [5, 5.41) is 6.55. The van der Waals surface area contributed by atoms with Gasteiger partial charge in [-0.05, 0) is 37.6 Å². The number of hydrogen-bond donors (Lipinski definition) is 3. The Morgan fingerprint density at radius 2 is 2.10 bits per heavy atom. The minimum atomic E-state index is -3.75. The van der Waals surface area contributed by atoms with Gasteiger partial charge in [-0.15, -0.1) is 0 Å². The number of anilines is 1. The number of methoxy groups -OCH3 is 1. The predicted octanol–water partition coefficient (Wildman–Crippen LogP) is 1.29. The maximum Gasteiger partial charge on any atom is 0.265 e. The Bertz CT molecular complexity index is 753. The first-order valence-corrected chi connectivity index (χ1v) is 7.78. The van der Waals surface area contributed by atoms with Gasteiger partial charge in [0, 0.05) is 6.54 Å². The van der Waals surface area contributed by atoms with Gasteiger partial charge in [-0.2, -0.15) is 5.10 Å². The van der Waals surface area contributed by atoms with Crippen molar-refractivity contribution in [3.8, 4) is 5.75 Å². The number of H-pyrrole nitrogens is 1. The molecule has 0 bridgehead atoms. The topological polar surface area (TPSA) is 110 Å². The molecule has 114 valence electrons. The number of benzene rings is 1. The molecule has 1 heterocycles. The number of nitrogens with two attached hydrogens (primary N) is 1. The van der Waals surface area contributed by atoms with Gasteiger partial charge in [0.05, 0.1) is 24.2 Å². The van der Waals surface area contributed by atoms with Crippen LogP contribution in [0.4, 0.5) is 5.69 Å². The number of rotatable bonds is 5. The van der Waals surface area contributed by atoms with E-state index < -0.39 is 10.0 Å². The van der Waals surface area contributed by atoms with Crippen LogP contribution >= 0.6 is 0 Å². The molecule has 4 N–H and O–H groups in total. The van der Waals surface area contributed by atoms with Crippen molar-refractivity contribution in [3.05, 3.63) is 35.2 Å². The van der Waals surface area contributed by atoms with Crippen molar-refractivity contribution in [1.82, 2.24) is 10.2 Å². The third-order valence-electron chi connectivity index (χ3n) is 3.10. The highest BCUT2D eigenvalue weighted by Crippen LogP contribution is 2.25. The molecule has 0 saturated heterocycles. The van der Waals surface area contributed by atoms with Crippen LogP contribution in [0.5, 0.6) is 5.75 Å². The Morgan fingerprint density at radius 1 is 1.38 bits per heavy atom. The Morgan fingerprint density at radius 3 is 2.67 bits per heavy atom. The van der Waals surface area contributed by atoms with Crippen molar-refractivity contribution in [3.63, 3.8) is 0 Å². The van der Waals surface area contributed by atoms with Crippen LogP contribution in [0.1, 0.15) is 17.0 Å². The van der Waals surface area contributed by atoms with Gasteiger partial charge in [0.1, 0.15) is 10.6 Å². The van der Waals surface area contributed by atoms with Gasteiger partial charge >= 0.3 is 0 Å². The molecule has 0 atom stereocenters. The zero-order valence-corrected chi connectivity index (χ0v) is 12.9. The highest BCUT2D eigenvalue weighted by Gasteiger charge is 2.24. The van der Waals surface area contributed by atoms with E-state index in [0.29, 0.717) is 22.8 Å². The third-order valence-corrected chi connectivity index (χ3v) is 4.67.